The van der Waals surface area contributed by atoms with Gasteiger partial charge < -0.3 is 0 Å². The summed E-state index contributed by atoms with van der Waals surface area (Å²) < 4.78 is 0. The van der Waals surface area contributed by atoms with Gasteiger partial charge in [0.2, 0.25) is 0 Å². The van der Waals surface area contributed by atoms with Crippen LogP contribution in [-0.2, 0) is 6.54 Å². The van der Waals surface area contributed by atoms with E-state index in [2.05, 4.69) is 20.9 Å². The van der Waals surface area contributed by atoms with Gasteiger partial charge in [-0.15, -0.1) is 0 Å². The molecule has 1 unspecified atom stereocenters. The van der Waals surface area contributed by atoms with E-state index >= 15 is 0 Å². The molecule has 0 spiro atoms. The Bertz CT molecular complexity index is 396. The lowest BCUT2D eigenvalue weighted by Gasteiger charge is -2.37. The number of piperazine rings is 1. The molecule has 1 aromatic rings. The Morgan fingerprint density at radius 1 is 1.35 bits per heavy atom. The predicted octanol–water partition coefficient (Wildman–Crippen LogP) is 2.01. The molecule has 1 atom stereocenters. The monoisotopic (exact) mass is 251 g/mol. The van der Waals surface area contributed by atoms with Gasteiger partial charge in [-0.2, -0.15) is 0 Å². The fourth-order valence-corrected chi connectivity index (χ4v) is 3.16. The minimum absolute atomic E-state index is 0.654. The standard InChI is InChI=1S/C13H18ClN3/c14-13-11(3-1-5-15-13)9-16-7-8-17-6-2-4-12(17)10-16/h1,3,5,12H,2,4,6-10H2. The minimum atomic E-state index is 0.654. The van der Waals surface area contributed by atoms with Gasteiger partial charge >= 0.3 is 0 Å². The van der Waals surface area contributed by atoms with Crippen molar-refractivity contribution in [1.29, 1.82) is 0 Å². The summed E-state index contributed by atoms with van der Waals surface area (Å²) in [7, 11) is 0. The molecule has 3 heterocycles. The van der Waals surface area contributed by atoms with Crippen molar-refractivity contribution in [1.82, 2.24) is 14.8 Å². The summed E-state index contributed by atoms with van der Waals surface area (Å²) in [5.74, 6) is 0. The molecule has 4 heteroatoms. The normalized spacial score (nSPS) is 26.1. The van der Waals surface area contributed by atoms with E-state index in [1.54, 1.807) is 6.20 Å². The molecular weight excluding hydrogens is 234 g/mol. The molecule has 0 bridgehead atoms. The average molecular weight is 252 g/mol. The molecule has 92 valence electrons. The van der Waals surface area contributed by atoms with Gasteiger partial charge in [0, 0.05) is 44.0 Å². The first-order valence-electron chi connectivity index (χ1n) is 6.39. The van der Waals surface area contributed by atoms with Gasteiger partial charge in [0.25, 0.3) is 0 Å². The molecule has 0 saturated carbocycles. The van der Waals surface area contributed by atoms with Crippen LogP contribution in [0.4, 0.5) is 0 Å². The molecule has 2 aliphatic rings. The molecule has 2 aliphatic heterocycles. The number of fused-ring (bicyclic) bond motifs is 1. The first-order valence-corrected chi connectivity index (χ1v) is 6.76. The first kappa shape index (κ1) is 11.5. The van der Waals surface area contributed by atoms with Gasteiger partial charge in [-0.1, -0.05) is 17.7 Å². The van der Waals surface area contributed by atoms with Crippen LogP contribution in [0.3, 0.4) is 0 Å². The molecule has 17 heavy (non-hydrogen) atoms. The average Bonchev–Trinajstić information content (AvgIpc) is 2.79. The fourth-order valence-electron chi connectivity index (χ4n) is 2.98. The highest BCUT2D eigenvalue weighted by Gasteiger charge is 2.30. The van der Waals surface area contributed by atoms with E-state index in [-0.39, 0.29) is 0 Å². The van der Waals surface area contributed by atoms with Crippen LogP contribution < -0.4 is 0 Å². The number of hydrogen-bond acceptors (Lipinski definition) is 3. The predicted molar refractivity (Wildman–Crippen MR) is 69.1 cm³/mol. The van der Waals surface area contributed by atoms with Gasteiger partial charge in [-0.05, 0) is 25.5 Å². The zero-order valence-corrected chi connectivity index (χ0v) is 10.7. The Balaban J connectivity index is 1.64. The van der Waals surface area contributed by atoms with E-state index in [1.165, 1.54) is 32.5 Å². The maximum absolute atomic E-state index is 6.11. The highest BCUT2D eigenvalue weighted by atomic mass is 35.5. The van der Waals surface area contributed by atoms with Crippen LogP contribution in [0.25, 0.3) is 0 Å². The highest BCUT2D eigenvalue weighted by Crippen LogP contribution is 2.23. The van der Waals surface area contributed by atoms with Crippen LogP contribution in [0.2, 0.25) is 5.15 Å². The van der Waals surface area contributed by atoms with E-state index in [0.29, 0.717) is 5.15 Å². The maximum atomic E-state index is 6.11. The largest absolute Gasteiger partial charge is 0.298 e. The SMILES string of the molecule is Clc1ncccc1CN1CCN2CCCC2C1. The zero-order valence-electron chi connectivity index (χ0n) is 9.98. The van der Waals surface area contributed by atoms with E-state index in [0.717, 1.165) is 24.7 Å². The third-order valence-corrected chi connectivity index (χ3v) is 4.24. The Hall–Kier alpha value is -0.640. The van der Waals surface area contributed by atoms with Crippen LogP contribution in [0, 0.1) is 0 Å². The summed E-state index contributed by atoms with van der Waals surface area (Å²) >= 11 is 6.11. The van der Waals surface area contributed by atoms with Crippen molar-refractivity contribution < 1.29 is 0 Å². The second-order valence-electron chi connectivity index (χ2n) is 5.02. The third-order valence-electron chi connectivity index (χ3n) is 3.90. The molecule has 2 fully saturated rings. The second-order valence-corrected chi connectivity index (χ2v) is 5.38. The number of pyridine rings is 1. The number of nitrogens with zero attached hydrogens (tertiary/aromatic N) is 3. The number of aromatic nitrogens is 1. The molecule has 0 aliphatic carbocycles. The Labute approximate surface area is 107 Å². The van der Waals surface area contributed by atoms with Crippen LogP contribution in [-0.4, -0.2) is 47.0 Å². The molecule has 2 saturated heterocycles. The molecule has 3 rings (SSSR count). The molecule has 0 N–H and O–H groups in total. The van der Waals surface area contributed by atoms with E-state index in [9.17, 15) is 0 Å². The van der Waals surface area contributed by atoms with Crippen molar-refractivity contribution in [2.24, 2.45) is 0 Å². The molecular formula is C13H18ClN3. The quantitative estimate of drug-likeness (QED) is 0.750. The lowest BCUT2D eigenvalue weighted by atomic mass is 10.1. The lowest BCUT2D eigenvalue weighted by molar-refractivity contribution is 0.0993. The van der Waals surface area contributed by atoms with Gasteiger partial charge in [0.1, 0.15) is 5.15 Å². The lowest BCUT2D eigenvalue weighted by Crippen LogP contribution is -2.49. The summed E-state index contributed by atoms with van der Waals surface area (Å²) in [4.78, 5) is 9.28. The van der Waals surface area contributed by atoms with Crippen molar-refractivity contribution in [2.45, 2.75) is 25.4 Å². The number of hydrogen-bond donors (Lipinski definition) is 0. The summed E-state index contributed by atoms with van der Waals surface area (Å²) in [6, 6.07) is 4.82. The molecule has 1 aromatic heterocycles. The fraction of sp³-hybridized carbons (Fsp3) is 0.615. The summed E-state index contributed by atoms with van der Waals surface area (Å²) in [5.41, 5.74) is 1.15. The maximum Gasteiger partial charge on any atom is 0.133 e. The Morgan fingerprint density at radius 3 is 3.18 bits per heavy atom. The minimum Gasteiger partial charge on any atom is -0.298 e. The summed E-state index contributed by atoms with van der Waals surface area (Å²) in [6.45, 7) is 5.79. The van der Waals surface area contributed by atoms with Gasteiger partial charge in [-0.25, -0.2) is 4.98 Å². The van der Waals surface area contributed by atoms with Crippen molar-refractivity contribution in [3.05, 3.63) is 29.0 Å². The number of halogens is 1. The Morgan fingerprint density at radius 2 is 2.29 bits per heavy atom. The van der Waals surface area contributed by atoms with Crippen molar-refractivity contribution in [2.75, 3.05) is 26.2 Å². The Kier molecular flexibility index (Phi) is 3.32. The highest BCUT2D eigenvalue weighted by molar-refractivity contribution is 6.30. The van der Waals surface area contributed by atoms with E-state index in [4.69, 9.17) is 11.6 Å². The van der Waals surface area contributed by atoms with Gasteiger partial charge in [0.05, 0.1) is 0 Å². The van der Waals surface area contributed by atoms with Crippen molar-refractivity contribution >= 4 is 11.6 Å². The zero-order chi connectivity index (χ0) is 11.7. The molecule has 0 aromatic carbocycles. The molecule has 0 amide bonds. The molecule has 0 radical (unpaired) electrons. The topological polar surface area (TPSA) is 19.4 Å². The van der Waals surface area contributed by atoms with E-state index in [1.807, 2.05) is 6.07 Å². The first-order chi connectivity index (χ1) is 8.33. The summed E-state index contributed by atoms with van der Waals surface area (Å²) in [6.07, 6.45) is 4.48. The smallest absolute Gasteiger partial charge is 0.133 e. The second kappa shape index (κ2) is 4.92. The van der Waals surface area contributed by atoms with Gasteiger partial charge in [-0.3, -0.25) is 9.80 Å². The molecule has 3 nitrogen and oxygen atoms in total. The van der Waals surface area contributed by atoms with Crippen LogP contribution in [0.1, 0.15) is 18.4 Å². The van der Waals surface area contributed by atoms with Gasteiger partial charge in [0.15, 0.2) is 0 Å². The van der Waals surface area contributed by atoms with Crippen LogP contribution in [0.5, 0.6) is 0 Å². The van der Waals surface area contributed by atoms with Crippen LogP contribution >= 0.6 is 11.6 Å². The summed E-state index contributed by atoms with van der Waals surface area (Å²) in [5, 5.41) is 0.654. The van der Waals surface area contributed by atoms with Crippen LogP contribution in [0.15, 0.2) is 18.3 Å². The van der Waals surface area contributed by atoms with E-state index < -0.39 is 0 Å². The van der Waals surface area contributed by atoms with Crippen molar-refractivity contribution in [3.8, 4) is 0 Å². The number of rotatable bonds is 2. The third kappa shape index (κ3) is 2.46. The van der Waals surface area contributed by atoms with Crippen molar-refractivity contribution in [3.63, 3.8) is 0 Å².